The molecule has 0 aromatic carbocycles. The van der Waals surface area contributed by atoms with Crippen molar-refractivity contribution in [2.75, 3.05) is 24.5 Å². The van der Waals surface area contributed by atoms with Crippen LogP contribution in [-0.2, 0) is 17.6 Å². The number of nitrogens with one attached hydrogen (secondary N) is 1. The predicted molar refractivity (Wildman–Crippen MR) is 76.5 cm³/mol. The maximum absolute atomic E-state index is 11.7. The minimum absolute atomic E-state index is 0.293. The summed E-state index contributed by atoms with van der Waals surface area (Å²) in [6.07, 6.45) is 7.22. The van der Waals surface area contributed by atoms with Crippen LogP contribution < -0.4 is 16.0 Å². The third kappa shape index (κ3) is 2.47. The van der Waals surface area contributed by atoms with Crippen molar-refractivity contribution in [2.24, 2.45) is 5.73 Å². The molecule has 2 heterocycles. The van der Waals surface area contributed by atoms with Gasteiger partial charge in [0.25, 0.3) is 0 Å². The SMILES string of the molecule is NC(=O)C1CNCCN1c1ncnc2c1CCCCC2. The molecule has 6 nitrogen and oxygen atoms in total. The molecule has 0 radical (unpaired) electrons. The fraction of sp³-hybridized carbons (Fsp3) is 0.643. The highest BCUT2D eigenvalue weighted by molar-refractivity contribution is 5.84. The van der Waals surface area contributed by atoms with Crippen LogP contribution in [0.4, 0.5) is 5.82 Å². The van der Waals surface area contributed by atoms with Gasteiger partial charge in [0.2, 0.25) is 5.91 Å². The molecule has 6 heteroatoms. The number of nitrogens with zero attached hydrogens (tertiary/aromatic N) is 3. The van der Waals surface area contributed by atoms with Crippen LogP contribution in [0.1, 0.15) is 30.5 Å². The average Bonchev–Trinajstić information content (AvgIpc) is 2.72. The quantitative estimate of drug-likeness (QED) is 0.743. The molecule has 108 valence electrons. The zero-order valence-corrected chi connectivity index (χ0v) is 11.6. The lowest BCUT2D eigenvalue weighted by Crippen LogP contribution is -2.57. The first-order chi connectivity index (χ1) is 9.77. The van der Waals surface area contributed by atoms with Crippen molar-refractivity contribution in [1.82, 2.24) is 15.3 Å². The Morgan fingerprint density at radius 3 is 3.00 bits per heavy atom. The molecule has 1 aliphatic carbocycles. The number of fused-ring (bicyclic) bond motifs is 1. The van der Waals surface area contributed by atoms with Gasteiger partial charge in [-0.2, -0.15) is 0 Å². The molecule has 1 fully saturated rings. The molecule has 3 rings (SSSR count). The van der Waals surface area contributed by atoms with Crippen molar-refractivity contribution < 1.29 is 4.79 Å². The topological polar surface area (TPSA) is 84.1 Å². The molecule has 1 unspecified atom stereocenters. The summed E-state index contributed by atoms with van der Waals surface area (Å²) in [5.41, 5.74) is 7.91. The third-order valence-electron chi connectivity index (χ3n) is 4.20. The minimum Gasteiger partial charge on any atom is -0.368 e. The van der Waals surface area contributed by atoms with Crippen LogP contribution in [-0.4, -0.2) is 41.6 Å². The van der Waals surface area contributed by atoms with Gasteiger partial charge in [-0.25, -0.2) is 9.97 Å². The molecule has 0 saturated carbocycles. The summed E-state index contributed by atoms with van der Waals surface area (Å²) < 4.78 is 0. The van der Waals surface area contributed by atoms with Gasteiger partial charge in [-0.3, -0.25) is 4.79 Å². The minimum atomic E-state index is -0.314. The lowest BCUT2D eigenvalue weighted by molar-refractivity contribution is -0.119. The van der Waals surface area contributed by atoms with E-state index in [0.29, 0.717) is 6.54 Å². The number of primary amides is 1. The number of piperazine rings is 1. The van der Waals surface area contributed by atoms with E-state index in [0.717, 1.165) is 37.4 Å². The van der Waals surface area contributed by atoms with E-state index in [1.165, 1.54) is 24.8 Å². The van der Waals surface area contributed by atoms with Crippen molar-refractivity contribution in [3.63, 3.8) is 0 Å². The third-order valence-corrected chi connectivity index (χ3v) is 4.20. The second-order valence-corrected chi connectivity index (χ2v) is 5.50. The van der Waals surface area contributed by atoms with Gasteiger partial charge in [-0.15, -0.1) is 0 Å². The predicted octanol–water partition coefficient (Wildman–Crippen LogP) is 0.00900. The van der Waals surface area contributed by atoms with E-state index in [1.54, 1.807) is 6.33 Å². The smallest absolute Gasteiger partial charge is 0.241 e. The first kappa shape index (κ1) is 13.3. The molecule has 0 spiro atoms. The monoisotopic (exact) mass is 275 g/mol. The van der Waals surface area contributed by atoms with E-state index >= 15 is 0 Å². The first-order valence-corrected chi connectivity index (χ1v) is 7.37. The summed E-state index contributed by atoms with van der Waals surface area (Å²) in [5.74, 6) is 0.625. The number of amides is 1. The molecule has 1 atom stereocenters. The van der Waals surface area contributed by atoms with Crippen LogP contribution in [0.3, 0.4) is 0 Å². The highest BCUT2D eigenvalue weighted by Crippen LogP contribution is 2.28. The number of hydrogen-bond acceptors (Lipinski definition) is 5. The Hall–Kier alpha value is -1.69. The number of aromatic nitrogens is 2. The van der Waals surface area contributed by atoms with Gasteiger partial charge >= 0.3 is 0 Å². The van der Waals surface area contributed by atoms with Gasteiger partial charge < -0.3 is 16.0 Å². The fourth-order valence-electron chi connectivity index (χ4n) is 3.14. The van der Waals surface area contributed by atoms with E-state index < -0.39 is 0 Å². The largest absolute Gasteiger partial charge is 0.368 e. The molecule has 1 aromatic heterocycles. The van der Waals surface area contributed by atoms with E-state index in [-0.39, 0.29) is 11.9 Å². The Balaban J connectivity index is 1.98. The molecule has 20 heavy (non-hydrogen) atoms. The summed E-state index contributed by atoms with van der Waals surface area (Å²) in [6, 6.07) is -0.314. The number of carbonyl (C=O) groups excluding carboxylic acids is 1. The van der Waals surface area contributed by atoms with Crippen LogP contribution in [0.5, 0.6) is 0 Å². The zero-order valence-electron chi connectivity index (χ0n) is 11.6. The van der Waals surface area contributed by atoms with Crippen LogP contribution in [0.15, 0.2) is 6.33 Å². The molecular weight excluding hydrogens is 254 g/mol. The number of nitrogens with two attached hydrogens (primary N) is 1. The molecule has 3 N–H and O–H groups in total. The molecule has 2 aliphatic rings. The Bertz CT molecular complexity index is 504. The molecule has 1 aliphatic heterocycles. The van der Waals surface area contributed by atoms with E-state index in [9.17, 15) is 4.79 Å². The van der Waals surface area contributed by atoms with E-state index in [2.05, 4.69) is 20.2 Å². The number of hydrogen-bond donors (Lipinski definition) is 2. The summed E-state index contributed by atoms with van der Waals surface area (Å²) in [5, 5.41) is 3.22. The van der Waals surface area contributed by atoms with Crippen LogP contribution in [0, 0.1) is 0 Å². The second-order valence-electron chi connectivity index (χ2n) is 5.50. The van der Waals surface area contributed by atoms with Gasteiger partial charge in [-0.05, 0) is 25.7 Å². The Labute approximate surface area is 118 Å². The molecule has 1 amide bonds. The zero-order chi connectivity index (χ0) is 13.9. The second kappa shape index (κ2) is 5.75. The standard InChI is InChI=1S/C14H21N5O/c15-13(20)12-8-16-6-7-19(12)14-10-4-2-1-3-5-11(10)17-9-18-14/h9,12,16H,1-8H2,(H2,15,20). The molecule has 0 bridgehead atoms. The van der Waals surface area contributed by atoms with Crippen molar-refractivity contribution in [1.29, 1.82) is 0 Å². The van der Waals surface area contributed by atoms with E-state index in [4.69, 9.17) is 5.73 Å². The Morgan fingerprint density at radius 1 is 1.30 bits per heavy atom. The normalized spacial score (nSPS) is 23.0. The number of rotatable bonds is 2. The van der Waals surface area contributed by atoms with Gasteiger partial charge in [0.05, 0.1) is 0 Å². The summed E-state index contributed by atoms with van der Waals surface area (Å²) >= 11 is 0. The van der Waals surface area contributed by atoms with Crippen molar-refractivity contribution >= 4 is 11.7 Å². The Morgan fingerprint density at radius 2 is 2.15 bits per heavy atom. The van der Waals surface area contributed by atoms with Gasteiger partial charge in [-0.1, -0.05) is 6.42 Å². The summed E-state index contributed by atoms with van der Waals surface area (Å²) in [4.78, 5) is 22.6. The number of carbonyl (C=O) groups is 1. The van der Waals surface area contributed by atoms with Gasteiger partial charge in [0.1, 0.15) is 18.2 Å². The lowest BCUT2D eigenvalue weighted by Gasteiger charge is -2.36. The van der Waals surface area contributed by atoms with Crippen molar-refractivity contribution in [2.45, 2.75) is 38.1 Å². The first-order valence-electron chi connectivity index (χ1n) is 7.37. The maximum Gasteiger partial charge on any atom is 0.241 e. The number of aryl methyl sites for hydroxylation is 1. The van der Waals surface area contributed by atoms with Crippen LogP contribution in [0.2, 0.25) is 0 Å². The average molecular weight is 275 g/mol. The van der Waals surface area contributed by atoms with Crippen molar-refractivity contribution in [3.05, 3.63) is 17.6 Å². The van der Waals surface area contributed by atoms with Crippen molar-refractivity contribution in [3.8, 4) is 0 Å². The molecular formula is C14H21N5O. The highest BCUT2D eigenvalue weighted by Gasteiger charge is 2.30. The summed E-state index contributed by atoms with van der Waals surface area (Å²) in [6.45, 7) is 2.20. The van der Waals surface area contributed by atoms with Crippen LogP contribution >= 0.6 is 0 Å². The summed E-state index contributed by atoms with van der Waals surface area (Å²) in [7, 11) is 0. The Kier molecular flexibility index (Phi) is 3.82. The van der Waals surface area contributed by atoms with E-state index in [1.807, 2.05) is 0 Å². The molecule has 1 saturated heterocycles. The highest BCUT2D eigenvalue weighted by atomic mass is 16.1. The van der Waals surface area contributed by atoms with Gasteiger partial charge in [0.15, 0.2) is 0 Å². The number of anilines is 1. The van der Waals surface area contributed by atoms with Crippen LogP contribution in [0.25, 0.3) is 0 Å². The maximum atomic E-state index is 11.7. The fourth-order valence-corrected chi connectivity index (χ4v) is 3.14. The van der Waals surface area contributed by atoms with Gasteiger partial charge in [0, 0.05) is 30.9 Å². The lowest BCUT2D eigenvalue weighted by atomic mass is 10.1. The molecule has 1 aromatic rings.